The van der Waals surface area contributed by atoms with Gasteiger partial charge in [-0.2, -0.15) is 0 Å². The third-order valence-corrected chi connectivity index (χ3v) is 7.29. The van der Waals surface area contributed by atoms with Crippen LogP contribution in [-0.2, 0) is 16.6 Å². The van der Waals surface area contributed by atoms with Gasteiger partial charge in [-0.3, -0.25) is 0 Å². The summed E-state index contributed by atoms with van der Waals surface area (Å²) in [7, 11) is 0. The van der Waals surface area contributed by atoms with Gasteiger partial charge in [0.1, 0.15) is 0 Å². The van der Waals surface area contributed by atoms with Crippen molar-refractivity contribution in [2.45, 2.75) is 95.2 Å². The predicted molar refractivity (Wildman–Crippen MR) is 113 cm³/mol. The summed E-state index contributed by atoms with van der Waals surface area (Å²) in [5, 5.41) is 3.13. The van der Waals surface area contributed by atoms with E-state index in [4.69, 9.17) is 4.74 Å². The van der Waals surface area contributed by atoms with Crippen LogP contribution in [0.25, 0.3) is 0 Å². The lowest BCUT2D eigenvalue weighted by molar-refractivity contribution is 0.0936. The summed E-state index contributed by atoms with van der Waals surface area (Å²) in [6, 6.07) is 9.97. The first-order valence-corrected chi connectivity index (χ1v) is 11.4. The number of carbonyl (C=O) groups excluding carboxylic acids is 1. The minimum absolute atomic E-state index is 0.0610. The Morgan fingerprint density at radius 3 is 2.68 bits per heavy atom. The van der Waals surface area contributed by atoms with E-state index in [1.54, 1.807) is 11.1 Å². The molecule has 1 heterocycles. The predicted octanol–water partition coefficient (Wildman–Crippen LogP) is 4.80. The zero-order chi connectivity index (χ0) is 19.6. The average molecular weight is 385 g/mol. The molecule has 154 valence electrons. The molecular weight excluding hydrogens is 348 g/mol. The van der Waals surface area contributed by atoms with E-state index in [-0.39, 0.29) is 18.2 Å². The van der Waals surface area contributed by atoms with Gasteiger partial charge in [0.05, 0.1) is 6.10 Å². The van der Waals surface area contributed by atoms with Crippen LogP contribution in [0, 0.1) is 0 Å². The van der Waals surface area contributed by atoms with Gasteiger partial charge in [0, 0.05) is 12.1 Å². The molecule has 0 radical (unpaired) electrons. The average Bonchev–Trinajstić information content (AvgIpc) is 2.86. The Morgan fingerprint density at radius 2 is 1.89 bits per heavy atom. The first-order chi connectivity index (χ1) is 13.6. The molecule has 1 amide bonds. The topological polar surface area (TPSA) is 41.6 Å². The van der Waals surface area contributed by atoms with E-state index in [2.05, 4.69) is 34.5 Å². The molecule has 1 aromatic carbocycles. The van der Waals surface area contributed by atoms with Crippen LogP contribution in [0.15, 0.2) is 24.3 Å². The van der Waals surface area contributed by atoms with Crippen LogP contribution in [0.4, 0.5) is 4.79 Å². The fraction of sp³-hybridized carbons (Fsp3) is 0.708. The molecule has 2 fully saturated rings. The van der Waals surface area contributed by atoms with Crippen molar-refractivity contribution in [1.29, 1.82) is 0 Å². The molecule has 1 saturated heterocycles. The van der Waals surface area contributed by atoms with Crippen LogP contribution < -0.4 is 5.32 Å². The number of carbonyl (C=O) groups is 1. The van der Waals surface area contributed by atoms with Crippen molar-refractivity contribution in [2.75, 3.05) is 13.1 Å². The molecular formula is C24H36N2O2. The summed E-state index contributed by atoms with van der Waals surface area (Å²) >= 11 is 0. The molecule has 1 spiro atoms. The number of hydrogen-bond donors (Lipinski definition) is 1. The van der Waals surface area contributed by atoms with Crippen LogP contribution in [0.3, 0.4) is 0 Å². The molecule has 28 heavy (non-hydrogen) atoms. The van der Waals surface area contributed by atoms with Crippen molar-refractivity contribution < 1.29 is 9.53 Å². The number of fused-ring (bicyclic) bond motifs is 2. The number of benzene rings is 1. The molecule has 0 aromatic heterocycles. The molecule has 3 aliphatic rings. The zero-order valence-electron chi connectivity index (χ0n) is 17.6. The first kappa shape index (κ1) is 19.8. The zero-order valence-corrected chi connectivity index (χ0v) is 17.6. The third kappa shape index (κ3) is 4.22. The molecule has 1 aromatic rings. The standard InChI is InChI=1S/C24H36N2O2/c1-18(2)28-23(27)25-20-8-4-5-9-21(17-20)26-15-13-24(14-16-26)12-11-19-7-3-6-10-22(19)24/h3,6-7,10,18,20-21H,4-5,8-9,11-17H2,1-2H3,(H,25,27). The fourth-order valence-corrected chi connectivity index (χ4v) is 5.81. The second kappa shape index (κ2) is 8.44. The SMILES string of the molecule is CC(C)OC(=O)NC1CCCCC(N2CCC3(CCc4ccccc43)CC2)C1. The van der Waals surface area contributed by atoms with Gasteiger partial charge in [-0.25, -0.2) is 4.79 Å². The molecule has 4 rings (SSSR count). The third-order valence-electron chi connectivity index (χ3n) is 7.29. The van der Waals surface area contributed by atoms with Gasteiger partial charge in [-0.05, 0) is 88.4 Å². The van der Waals surface area contributed by atoms with E-state index in [0.29, 0.717) is 11.5 Å². The van der Waals surface area contributed by atoms with Crippen LogP contribution in [-0.4, -0.2) is 42.3 Å². The number of amides is 1. The minimum atomic E-state index is -0.249. The second-order valence-corrected chi connectivity index (χ2v) is 9.44. The number of rotatable bonds is 3. The van der Waals surface area contributed by atoms with E-state index in [1.165, 1.54) is 58.0 Å². The Morgan fingerprint density at radius 1 is 1.14 bits per heavy atom. The van der Waals surface area contributed by atoms with Crippen molar-refractivity contribution in [3.05, 3.63) is 35.4 Å². The highest BCUT2D eigenvalue weighted by atomic mass is 16.6. The number of hydrogen-bond acceptors (Lipinski definition) is 3. The van der Waals surface area contributed by atoms with Crippen LogP contribution in [0.5, 0.6) is 0 Å². The van der Waals surface area contributed by atoms with Gasteiger partial charge in [0.2, 0.25) is 0 Å². The van der Waals surface area contributed by atoms with Gasteiger partial charge in [0.25, 0.3) is 0 Å². The number of nitrogens with zero attached hydrogens (tertiary/aromatic N) is 1. The summed E-state index contributed by atoms with van der Waals surface area (Å²) in [6.07, 6.45) is 10.7. The molecule has 2 atom stereocenters. The molecule has 1 N–H and O–H groups in total. The van der Waals surface area contributed by atoms with Crippen molar-refractivity contribution in [3.8, 4) is 0 Å². The van der Waals surface area contributed by atoms with Crippen molar-refractivity contribution in [2.24, 2.45) is 0 Å². The molecule has 0 bridgehead atoms. The maximum absolute atomic E-state index is 12.1. The quantitative estimate of drug-likeness (QED) is 0.761. The van der Waals surface area contributed by atoms with Crippen molar-refractivity contribution in [1.82, 2.24) is 10.2 Å². The van der Waals surface area contributed by atoms with Crippen molar-refractivity contribution >= 4 is 6.09 Å². The number of alkyl carbamates (subject to hydrolysis) is 1. The van der Waals surface area contributed by atoms with E-state index in [9.17, 15) is 4.79 Å². The Labute approximate surface area is 170 Å². The Hall–Kier alpha value is -1.55. The normalized spacial score (nSPS) is 27.4. The molecule has 4 heteroatoms. The van der Waals surface area contributed by atoms with Crippen LogP contribution >= 0.6 is 0 Å². The summed E-state index contributed by atoms with van der Waals surface area (Å²) in [4.78, 5) is 14.8. The van der Waals surface area contributed by atoms with E-state index >= 15 is 0 Å². The lowest BCUT2D eigenvalue weighted by Crippen LogP contribution is -2.48. The summed E-state index contributed by atoms with van der Waals surface area (Å²) in [6.45, 7) is 6.20. The summed E-state index contributed by atoms with van der Waals surface area (Å²) in [5.41, 5.74) is 3.64. The number of aryl methyl sites for hydroxylation is 1. The van der Waals surface area contributed by atoms with Gasteiger partial charge >= 0.3 is 6.09 Å². The van der Waals surface area contributed by atoms with Crippen LogP contribution in [0.2, 0.25) is 0 Å². The van der Waals surface area contributed by atoms with Gasteiger partial charge in [-0.15, -0.1) is 0 Å². The number of ether oxygens (including phenoxy) is 1. The van der Waals surface area contributed by atoms with E-state index in [0.717, 1.165) is 12.8 Å². The fourth-order valence-electron chi connectivity index (χ4n) is 5.81. The minimum Gasteiger partial charge on any atom is -0.447 e. The smallest absolute Gasteiger partial charge is 0.407 e. The molecule has 1 aliphatic heterocycles. The van der Waals surface area contributed by atoms with Crippen LogP contribution in [0.1, 0.15) is 76.3 Å². The lowest BCUT2D eigenvalue weighted by atomic mass is 9.73. The maximum Gasteiger partial charge on any atom is 0.407 e. The number of piperidine rings is 1. The Kier molecular flexibility index (Phi) is 5.96. The van der Waals surface area contributed by atoms with Gasteiger partial charge in [0.15, 0.2) is 0 Å². The van der Waals surface area contributed by atoms with Gasteiger partial charge < -0.3 is 15.0 Å². The maximum atomic E-state index is 12.1. The van der Waals surface area contributed by atoms with Crippen molar-refractivity contribution in [3.63, 3.8) is 0 Å². The summed E-state index contributed by atoms with van der Waals surface area (Å²) in [5.74, 6) is 0. The molecule has 2 unspecified atom stereocenters. The van der Waals surface area contributed by atoms with Gasteiger partial charge in [-0.1, -0.05) is 37.1 Å². The highest BCUT2D eigenvalue weighted by Crippen LogP contribution is 2.46. The monoisotopic (exact) mass is 384 g/mol. The van der Waals surface area contributed by atoms with E-state index in [1.807, 2.05) is 13.8 Å². The lowest BCUT2D eigenvalue weighted by Gasteiger charge is -2.43. The highest BCUT2D eigenvalue weighted by molar-refractivity contribution is 5.67. The molecule has 2 aliphatic carbocycles. The van der Waals surface area contributed by atoms with E-state index < -0.39 is 0 Å². The Bertz CT molecular complexity index is 679. The second-order valence-electron chi connectivity index (χ2n) is 9.44. The molecule has 4 nitrogen and oxygen atoms in total. The summed E-state index contributed by atoms with van der Waals surface area (Å²) < 4.78 is 5.31. The number of likely N-dealkylation sites (tertiary alicyclic amines) is 1. The Balaban J connectivity index is 1.35. The first-order valence-electron chi connectivity index (χ1n) is 11.4. The highest BCUT2D eigenvalue weighted by Gasteiger charge is 2.42. The largest absolute Gasteiger partial charge is 0.447 e. The number of nitrogens with one attached hydrogen (secondary N) is 1. The molecule has 1 saturated carbocycles.